The lowest BCUT2D eigenvalue weighted by atomic mass is 9.86. The van der Waals surface area contributed by atoms with Crippen LogP contribution in [0.1, 0.15) is 44.2 Å². The Balaban J connectivity index is 1.58. The maximum absolute atomic E-state index is 11.6. The maximum Gasteiger partial charge on any atom is 0.238 e. The van der Waals surface area contributed by atoms with E-state index in [-0.39, 0.29) is 4.90 Å². The molecule has 0 spiro atoms. The molecule has 0 aliphatic heterocycles. The highest BCUT2D eigenvalue weighted by molar-refractivity contribution is 7.89. The van der Waals surface area contributed by atoms with Gasteiger partial charge < -0.3 is 10.3 Å². The van der Waals surface area contributed by atoms with Crippen LogP contribution in [0, 0.1) is 5.92 Å². The third-order valence-corrected chi connectivity index (χ3v) is 6.20. The monoisotopic (exact) mass is 400 g/mol. The molecule has 2 aromatic heterocycles. The Hall–Kier alpha value is -2.52. The largest absolute Gasteiger partial charge is 0.342 e. The standard InChI is InChI=1S/C19H24N6O2S/c20-28(26,27)15-8-4-7-14(11-15)23-19-24-16(17-18(25-19)22-12-21-17)10-9-13-5-2-1-3-6-13/h4,7-8,11-13H,1-3,5-6,9-10H2,(H2,20,26,27)(H2,21,22,23,24,25). The molecule has 4 N–H and O–H groups in total. The fourth-order valence-corrected chi connectivity index (χ4v) is 4.39. The van der Waals surface area contributed by atoms with Crippen LogP contribution in [0.4, 0.5) is 11.6 Å². The molecule has 1 aliphatic carbocycles. The molecule has 0 saturated heterocycles. The van der Waals surface area contributed by atoms with Gasteiger partial charge in [0.05, 0.1) is 16.9 Å². The second kappa shape index (κ2) is 7.84. The lowest BCUT2D eigenvalue weighted by Gasteiger charge is -2.21. The third-order valence-electron chi connectivity index (χ3n) is 5.29. The quantitative estimate of drug-likeness (QED) is 0.583. The van der Waals surface area contributed by atoms with Crippen molar-refractivity contribution in [3.8, 4) is 0 Å². The van der Waals surface area contributed by atoms with Gasteiger partial charge in [-0.2, -0.15) is 4.98 Å². The fourth-order valence-electron chi connectivity index (χ4n) is 3.83. The van der Waals surface area contributed by atoms with Crippen LogP contribution >= 0.6 is 0 Å². The minimum absolute atomic E-state index is 0.0378. The van der Waals surface area contributed by atoms with E-state index in [1.807, 2.05) is 0 Å². The zero-order chi connectivity index (χ0) is 19.6. The van der Waals surface area contributed by atoms with E-state index in [1.54, 1.807) is 18.5 Å². The molecular formula is C19H24N6O2S. The Bertz CT molecular complexity index is 1070. The highest BCUT2D eigenvalue weighted by Crippen LogP contribution is 2.28. The molecule has 0 unspecified atom stereocenters. The Morgan fingerprint density at radius 3 is 2.79 bits per heavy atom. The average Bonchev–Trinajstić information content (AvgIpc) is 3.15. The molecule has 0 bridgehead atoms. The number of hydrogen-bond acceptors (Lipinski definition) is 6. The molecule has 1 saturated carbocycles. The van der Waals surface area contributed by atoms with Gasteiger partial charge in [-0.05, 0) is 37.0 Å². The first-order valence-corrected chi connectivity index (χ1v) is 11.1. The second-order valence-corrected chi connectivity index (χ2v) is 8.90. The van der Waals surface area contributed by atoms with Crippen molar-refractivity contribution in [3.05, 3.63) is 36.3 Å². The SMILES string of the molecule is NS(=O)(=O)c1cccc(Nc2nc(CCC3CCCCC3)c3[nH]cnc3n2)c1. The second-order valence-electron chi connectivity index (χ2n) is 7.34. The van der Waals surface area contributed by atoms with Crippen molar-refractivity contribution in [2.24, 2.45) is 11.1 Å². The fraction of sp³-hybridized carbons (Fsp3) is 0.421. The molecule has 8 nitrogen and oxygen atoms in total. The lowest BCUT2D eigenvalue weighted by Crippen LogP contribution is -2.12. The molecule has 0 atom stereocenters. The summed E-state index contributed by atoms with van der Waals surface area (Å²) in [6.45, 7) is 0. The van der Waals surface area contributed by atoms with Crippen molar-refractivity contribution in [1.82, 2.24) is 19.9 Å². The number of imidazole rings is 1. The highest BCUT2D eigenvalue weighted by Gasteiger charge is 2.16. The van der Waals surface area contributed by atoms with Gasteiger partial charge in [-0.1, -0.05) is 38.2 Å². The number of benzene rings is 1. The Morgan fingerprint density at radius 2 is 2.00 bits per heavy atom. The van der Waals surface area contributed by atoms with E-state index in [1.165, 1.54) is 44.2 Å². The number of fused-ring (bicyclic) bond motifs is 1. The summed E-state index contributed by atoms with van der Waals surface area (Å²) >= 11 is 0. The van der Waals surface area contributed by atoms with Crippen molar-refractivity contribution >= 4 is 32.8 Å². The van der Waals surface area contributed by atoms with Crippen LogP contribution in [0.2, 0.25) is 0 Å². The first-order valence-electron chi connectivity index (χ1n) is 9.59. The third kappa shape index (κ3) is 4.31. The summed E-state index contributed by atoms with van der Waals surface area (Å²) in [4.78, 5) is 16.5. The number of aromatic amines is 1. The van der Waals surface area contributed by atoms with Crippen LogP contribution in [0.3, 0.4) is 0 Å². The van der Waals surface area contributed by atoms with Crippen molar-refractivity contribution in [3.63, 3.8) is 0 Å². The van der Waals surface area contributed by atoms with E-state index in [0.29, 0.717) is 17.3 Å². The van der Waals surface area contributed by atoms with E-state index in [9.17, 15) is 8.42 Å². The van der Waals surface area contributed by atoms with Crippen LogP contribution in [-0.4, -0.2) is 28.4 Å². The molecule has 148 valence electrons. The van der Waals surface area contributed by atoms with E-state index in [2.05, 4.69) is 25.3 Å². The van der Waals surface area contributed by atoms with Crippen LogP contribution < -0.4 is 10.5 Å². The van der Waals surface area contributed by atoms with Crippen molar-refractivity contribution in [2.45, 2.75) is 49.8 Å². The van der Waals surface area contributed by atoms with Crippen LogP contribution in [0.15, 0.2) is 35.5 Å². The van der Waals surface area contributed by atoms with Crippen molar-refractivity contribution in [2.75, 3.05) is 5.32 Å². The maximum atomic E-state index is 11.6. The summed E-state index contributed by atoms with van der Waals surface area (Å²) in [6.07, 6.45) is 10.2. The normalized spacial score (nSPS) is 15.8. The summed E-state index contributed by atoms with van der Waals surface area (Å²) in [6, 6.07) is 6.29. The summed E-state index contributed by atoms with van der Waals surface area (Å²) in [7, 11) is -3.77. The molecule has 0 amide bonds. The molecule has 1 aliphatic rings. The van der Waals surface area contributed by atoms with Crippen LogP contribution in [0.5, 0.6) is 0 Å². The predicted octanol–water partition coefficient (Wildman–Crippen LogP) is 3.26. The van der Waals surface area contributed by atoms with Gasteiger partial charge in [-0.25, -0.2) is 23.5 Å². The number of nitrogens with two attached hydrogens (primary N) is 1. The zero-order valence-electron chi connectivity index (χ0n) is 15.6. The highest BCUT2D eigenvalue weighted by atomic mass is 32.2. The number of nitrogens with one attached hydrogen (secondary N) is 2. The number of primary sulfonamides is 1. The minimum atomic E-state index is -3.77. The first kappa shape index (κ1) is 18.8. The molecule has 4 rings (SSSR count). The number of rotatable bonds is 6. The zero-order valence-corrected chi connectivity index (χ0v) is 16.4. The molecule has 1 aromatic carbocycles. The number of H-pyrrole nitrogens is 1. The Morgan fingerprint density at radius 1 is 1.18 bits per heavy atom. The average molecular weight is 401 g/mol. The van der Waals surface area contributed by atoms with Gasteiger partial charge in [-0.15, -0.1) is 0 Å². The molecule has 9 heteroatoms. The summed E-state index contributed by atoms with van der Waals surface area (Å²) < 4.78 is 23.1. The number of nitrogens with zero attached hydrogens (tertiary/aromatic N) is 3. The summed E-state index contributed by atoms with van der Waals surface area (Å²) in [5.74, 6) is 1.15. The molecule has 2 heterocycles. The Labute approximate surface area is 164 Å². The number of aryl methyl sites for hydroxylation is 1. The number of anilines is 2. The van der Waals surface area contributed by atoms with Gasteiger partial charge in [0.15, 0.2) is 5.65 Å². The molecule has 0 radical (unpaired) electrons. The van der Waals surface area contributed by atoms with E-state index in [4.69, 9.17) is 5.14 Å². The van der Waals surface area contributed by atoms with E-state index >= 15 is 0 Å². The molecule has 1 fully saturated rings. The predicted molar refractivity (Wildman–Crippen MR) is 108 cm³/mol. The number of aromatic nitrogens is 4. The van der Waals surface area contributed by atoms with Gasteiger partial charge in [0.1, 0.15) is 5.52 Å². The Kier molecular flexibility index (Phi) is 5.27. The van der Waals surface area contributed by atoms with Gasteiger partial charge in [0.25, 0.3) is 0 Å². The lowest BCUT2D eigenvalue weighted by molar-refractivity contribution is 0.338. The molecule has 3 aromatic rings. The van der Waals surface area contributed by atoms with Crippen molar-refractivity contribution in [1.29, 1.82) is 0 Å². The molecular weight excluding hydrogens is 376 g/mol. The van der Waals surface area contributed by atoms with Crippen LogP contribution in [0.25, 0.3) is 11.2 Å². The number of hydrogen-bond donors (Lipinski definition) is 3. The van der Waals surface area contributed by atoms with E-state index < -0.39 is 10.0 Å². The topological polar surface area (TPSA) is 127 Å². The summed E-state index contributed by atoms with van der Waals surface area (Å²) in [5, 5.41) is 8.29. The van der Waals surface area contributed by atoms with Gasteiger partial charge >= 0.3 is 0 Å². The van der Waals surface area contributed by atoms with Crippen molar-refractivity contribution < 1.29 is 8.42 Å². The number of sulfonamides is 1. The van der Waals surface area contributed by atoms with E-state index in [0.717, 1.165) is 30.0 Å². The van der Waals surface area contributed by atoms with Gasteiger partial charge in [-0.3, -0.25) is 0 Å². The smallest absolute Gasteiger partial charge is 0.238 e. The van der Waals surface area contributed by atoms with Gasteiger partial charge in [0, 0.05) is 5.69 Å². The minimum Gasteiger partial charge on any atom is -0.342 e. The van der Waals surface area contributed by atoms with Gasteiger partial charge in [0.2, 0.25) is 16.0 Å². The summed E-state index contributed by atoms with van der Waals surface area (Å²) in [5.41, 5.74) is 2.94. The van der Waals surface area contributed by atoms with Crippen LogP contribution in [-0.2, 0) is 16.4 Å². The first-order chi connectivity index (χ1) is 13.5. The molecule has 28 heavy (non-hydrogen) atoms.